The van der Waals surface area contributed by atoms with Gasteiger partial charge in [-0.1, -0.05) is 25.4 Å². The number of anilines is 1. The van der Waals surface area contributed by atoms with Gasteiger partial charge in [0.2, 0.25) is 0 Å². The van der Waals surface area contributed by atoms with Crippen molar-refractivity contribution < 1.29 is 19.0 Å². The van der Waals surface area contributed by atoms with Crippen molar-refractivity contribution in [2.24, 2.45) is 13.0 Å². The van der Waals surface area contributed by atoms with Crippen LogP contribution in [-0.4, -0.2) is 35.5 Å². The average molecular weight is 456 g/mol. The molecule has 8 heteroatoms. The third-order valence-electron chi connectivity index (χ3n) is 4.86. The average Bonchev–Trinajstić information content (AvgIpc) is 3.00. The maximum absolute atomic E-state index is 13.1. The Morgan fingerprint density at radius 3 is 2.72 bits per heavy atom. The van der Waals surface area contributed by atoms with Gasteiger partial charge in [0.1, 0.15) is 11.4 Å². The van der Waals surface area contributed by atoms with Crippen molar-refractivity contribution in [1.82, 2.24) is 9.78 Å². The summed E-state index contributed by atoms with van der Waals surface area (Å²) in [6.45, 7) is 5.91. The number of fused-ring (bicyclic) bond motifs is 1. The van der Waals surface area contributed by atoms with Gasteiger partial charge >= 0.3 is 0 Å². The van der Waals surface area contributed by atoms with E-state index < -0.39 is 0 Å². The summed E-state index contributed by atoms with van der Waals surface area (Å²) in [4.78, 5) is 13.1. The van der Waals surface area contributed by atoms with Crippen LogP contribution in [-0.2, 0) is 7.05 Å². The van der Waals surface area contributed by atoms with E-state index in [0.717, 1.165) is 12.0 Å². The van der Waals surface area contributed by atoms with Gasteiger partial charge in [-0.2, -0.15) is 5.10 Å². The van der Waals surface area contributed by atoms with Gasteiger partial charge in [0.05, 0.1) is 30.4 Å². The molecule has 1 aliphatic rings. The van der Waals surface area contributed by atoms with Crippen LogP contribution in [0.4, 0.5) is 5.69 Å². The monoisotopic (exact) mass is 455 g/mol. The van der Waals surface area contributed by atoms with Gasteiger partial charge in [-0.3, -0.25) is 9.48 Å². The van der Waals surface area contributed by atoms with Crippen LogP contribution in [0.1, 0.15) is 30.6 Å². The van der Waals surface area contributed by atoms with E-state index in [9.17, 15) is 4.79 Å². The van der Waals surface area contributed by atoms with Crippen LogP contribution in [0, 0.1) is 5.92 Å². The highest BCUT2D eigenvalue weighted by atomic mass is 35.5. The Hall–Kier alpha value is -3.19. The molecular formula is C24H26ClN3O4. The number of nitrogens with one attached hydrogen (secondary N) is 1. The van der Waals surface area contributed by atoms with Crippen molar-refractivity contribution in [1.29, 1.82) is 0 Å². The Kier molecular flexibility index (Phi) is 6.55. The fourth-order valence-electron chi connectivity index (χ4n) is 3.33. The summed E-state index contributed by atoms with van der Waals surface area (Å²) < 4.78 is 18.8. The third kappa shape index (κ3) is 4.99. The van der Waals surface area contributed by atoms with Crippen LogP contribution >= 0.6 is 11.6 Å². The van der Waals surface area contributed by atoms with E-state index in [2.05, 4.69) is 24.3 Å². The van der Waals surface area contributed by atoms with Crippen molar-refractivity contribution in [3.63, 3.8) is 0 Å². The molecule has 0 spiro atoms. The van der Waals surface area contributed by atoms with Crippen molar-refractivity contribution in [3.8, 4) is 28.5 Å². The normalized spacial score (nSPS) is 13.0. The van der Waals surface area contributed by atoms with Crippen molar-refractivity contribution >= 4 is 23.2 Å². The molecule has 1 aromatic heterocycles. The lowest BCUT2D eigenvalue weighted by Crippen LogP contribution is -2.12. The predicted molar refractivity (Wildman–Crippen MR) is 124 cm³/mol. The van der Waals surface area contributed by atoms with Gasteiger partial charge in [0.15, 0.2) is 11.5 Å². The Labute approximate surface area is 192 Å². The van der Waals surface area contributed by atoms with Crippen molar-refractivity contribution in [2.45, 2.75) is 20.3 Å². The standard InChI is InChI=1S/C24H26ClN3O4/c1-15(2)14-32-20-8-6-17(12-19(20)25)26-24(29)18-13-28(3)27-23(18)16-5-7-21-22(11-16)31-10-4-9-30-21/h5-8,11-13,15H,4,9-10,14H2,1-3H3,(H,26,29). The van der Waals surface area contributed by atoms with Crippen molar-refractivity contribution in [2.75, 3.05) is 25.1 Å². The molecule has 0 fully saturated rings. The Morgan fingerprint density at radius 2 is 1.97 bits per heavy atom. The molecule has 3 aromatic rings. The van der Waals surface area contributed by atoms with Gasteiger partial charge in [0, 0.05) is 30.9 Å². The Balaban J connectivity index is 1.56. The minimum absolute atomic E-state index is 0.285. The number of aromatic nitrogens is 2. The molecule has 0 atom stereocenters. The molecule has 0 bridgehead atoms. The second kappa shape index (κ2) is 9.53. The molecule has 7 nitrogen and oxygen atoms in total. The van der Waals surface area contributed by atoms with Gasteiger partial charge in [-0.05, 0) is 42.3 Å². The SMILES string of the molecule is CC(C)COc1ccc(NC(=O)c2cn(C)nc2-c2ccc3c(c2)OCCCO3)cc1Cl. The molecule has 4 rings (SSSR count). The molecule has 1 amide bonds. The van der Waals surface area contributed by atoms with E-state index in [1.165, 1.54) is 0 Å². The first kappa shape index (κ1) is 22.0. The Morgan fingerprint density at radius 1 is 1.19 bits per heavy atom. The maximum atomic E-state index is 13.1. The van der Waals surface area contributed by atoms with Crippen LogP contribution < -0.4 is 19.5 Å². The van der Waals surface area contributed by atoms with Gasteiger partial charge < -0.3 is 19.5 Å². The highest BCUT2D eigenvalue weighted by Gasteiger charge is 2.20. The second-order valence-corrected chi connectivity index (χ2v) is 8.49. The zero-order valence-electron chi connectivity index (χ0n) is 18.4. The minimum Gasteiger partial charge on any atom is -0.492 e. The fraction of sp³-hybridized carbons (Fsp3) is 0.333. The number of halogens is 1. The summed E-state index contributed by atoms with van der Waals surface area (Å²) in [7, 11) is 1.78. The number of hydrogen-bond donors (Lipinski definition) is 1. The molecule has 0 unspecified atom stereocenters. The zero-order chi connectivity index (χ0) is 22.7. The number of aryl methyl sites for hydroxylation is 1. The summed E-state index contributed by atoms with van der Waals surface area (Å²) >= 11 is 6.34. The van der Waals surface area contributed by atoms with E-state index in [-0.39, 0.29) is 5.91 Å². The fourth-order valence-corrected chi connectivity index (χ4v) is 3.56. The summed E-state index contributed by atoms with van der Waals surface area (Å²) in [5, 5.41) is 7.84. The van der Waals surface area contributed by atoms with Crippen LogP contribution in [0.2, 0.25) is 5.02 Å². The second-order valence-electron chi connectivity index (χ2n) is 8.08. The molecule has 2 aromatic carbocycles. The molecule has 1 aliphatic heterocycles. The summed E-state index contributed by atoms with van der Waals surface area (Å²) in [6, 6.07) is 10.8. The van der Waals surface area contributed by atoms with Gasteiger partial charge in [-0.15, -0.1) is 0 Å². The van der Waals surface area contributed by atoms with Crippen LogP contribution in [0.5, 0.6) is 17.2 Å². The first-order valence-electron chi connectivity index (χ1n) is 10.6. The van der Waals surface area contributed by atoms with E-state index >= 15 is 0 Å². The van der Waals surface area contributed by atoms with Crippen molar-refractivity contribution in [3.05, 3.63) is 53.2 Å². The van der Waals surface area contributed by atoms with Gasteiger partial charge in [0.25, 0.3) is 5.91 Å². The molecule has 0 aliphatic carbocycles. The molecule has 0 radical (unpaired) electrons. The Bertz CT molecular complexity index is 1130. The molecule has 1 N–H and O–H groups in total. The number of ether oxygens (including phenoxy) is 3. The predicted octanol–water partition coefficient (Wildman–Crippen LogP) is 5.19. The van der Waals surface area contributed by atoms with Crippen LogP contribution in [0.25, 0.3) is 11.3 Å². The number of benzene rings is 2. The zero-order valence-corrected chi connectivity index (χ0v) is 19.1. The lowest BCUT2D eigenvalue weighted by atomic mass is 10.1. The quantitative estimate of drug-likeness (QED) is 0.553. The third-order valence-corrected chi connectivity index (χ3v) is 5.15. The molecule has 0 saturated carbocycles. The summed E-state index contributed by atoms with van der Waals surface area (Å²) in [6.07, 6.45) is 2.51. The number of amides is 1. The lowest BCUT2D eigenvalue weighted by molar-refractivity contribution is 0.102. The largest absolute Gasteiger partial charge is 0.492 e. The molecule has 2 heterocycles. The minimum atomic E-state index is -0.285. The molecular weight excluding hydrogens is 430 g/mol. The maximum Gasteiger partial charge on any atom is 0.259 e. The summed E-state index contributed by atoms with van der Waals surface area (Å²) in [5.74, 6) is 2.04. The molecule has 0 saturated heterocycles. The topological polar surface area (TPSA) is 74.6 Å². The highest BCUT2D eigenvalue weighted by Crippen LogP contribution is 2.35. The molecule has 168 valence electrons. The van der Waals surface area contributed by atoms with Gasteiger partial charge in [-0.25, -0.2) is 0 Å². The first-order chi connectivity index (χ1) is 15.4. The van der Waals surface area contributed by atoms with Crippen LogP contribution in [0.15, 0.2) is 42.6 Å². The lowest BCUT2D eigenvalue weighted by Gasteiger charge is -2.12. The highest BCUT2D eigenvalue weighted by molar-refractivity contribution is 6.32. The summed E-state index contributed by atoms with van der Waals surface area (Å²) in [5.41, 5.74) is 2.35. The van der Waals surface area contributed by atoms with E-state index in [0.29, 0.717) is 65.0 Å². The van der Waals surface area contributed by atoms with Crippen LogP contribution in [0.3, 0.4) is 0 Å². The first-order valence-corrected chi connectivity index (χ1v) is 11.0. The number of carbonyl (C=O) groups is 1. The van der Waals surface area contributed by atoms with E-state index in [1.54, 1.807) is 36.1 Å². The smallest absolute Gasteiger partial charge is 0.259 e. The number of hydrogen-bond acceptors (Lipinski definition) is 5. The number of rotatable bonds is 6. The number of nitrogens with zero attached hydrogens (tertiary/aromatic N) is 2. The van der Waals surface area contributed by atoms with E-state index in [1.807, 2.05) is 18.2 Å². The molecule has 32 heavy (non-hydrogen) atoms. The van der Waals surface area contributed by atoms with E-state index in [4.69, 9.17) is 25.8 Å². The number of carbonyl (C=O) groups excluding carboxylic acids is 1.